The molecule has 1 aliphatic heterocycles. The second kappa shape index (κ2) is 9.09. The number of amides is 1. The van der Waals surface area contributed by atoms with Gasteiger partial charge in [-0.2, -0.15) is 5.10 Å². The van der Waals surface area contributed by atoms with E-state index in [2.05, 4.69) is 10.1 Å². The third-order valence-electron chi connectivity index (χ3n) is 4.55. The number of furan rings is 1. The molecule has 3 heterocycles. The number of hydrazone groups is 1. The zero-order valence-corrected chi connectivity index (χ0v) is 18.1. The first-order valence-corrected chi connectivity index (χ1v) is 10.2. The van der Waals surface area contributed by atoms with Gasteiger partial charge in [0, 0.05) is 11.4 Å². The van der Waals surface area contributed by atoms with Crippen LogP contribution in [0.1, 0.15) is 34.3 Å². The zero-order chi connectivity index (χ0) is 22.0. The number of benzene rings is 1. The zero-order valence-electron chi connectivity index (χ0n) is 15.8. The molecule has 1 unspecified atom stereocenters. The van der Waals surface area contributed by atoms with Gasteiger partial charge in [-0.15, -0.1) is 0 Å². The van der Waals surface area contributed by atoms with Gasteiger partial charge in [-0.25, -0.2) is 14.8 Å². The number of nitrogens with zero attached hydrogens (tertiary/aromatic N) is 3. The van der Waals surface area contributed by atoms with Gasteiger partial charge in [0.25, 0.3) is 5.91 Å². The summed E-state index contributed by atoms with van der Waals surface area (Å²) in [7, 11) is 0. The molecule has 4 rings (SSSR count). The summed E-state index contributed by atoms with van der Waals surface area (Å²) in [5.41, 5.74) is 1.33. The maximum absolute atomic E-state index is 12.9. The van der Waals surface area contributed by atoms with Crippen molar-refractivity contribution in [2.45, 2.75) is 12.5 Å². The maximum atomic E-state index is 12.9. The minimum absolute atomic E-state index is 0.0690. The fraction of sp³-hybridized carbons (Fsp3) is 0.143. The van der Waals surface area contributed by atoms with E-state index in [1.54, 1.807) is 24.3 Å². The molecule has 0 saturated heterocycles. The predicted molar refractivity (Wildman–Crippen MR) is 115 cm³/mol. The van der Waals surface area contributed by atoms with Gasteiger partial charge in [0.1, 0.15) is 17.0 Å². The number of carbonyl (C=O) groups is 2. The number of ether oxygens (including phenoxy) is 1. The summed E-state index contributed by atoms with van der Waals surface area (Å²) in [6, 6.07) is 13.0. The topological polar surface area (TPSA) is 85.0 Å². The lowest BCUT2D eigenvalue weighted by Crippen LogP contribution is -2.31. The second-order valence-electron chi connectivity index (χ2n) is 6.57. The van der Waals surface area contributed by atoms with Gasteiger partial charge in [-0.3, -0.25) is 4.79 Å². The highest BCUT2D eigenvalue weighted by Gasteiger charge is 2.35. The molecule has 0 aliphatic carbocycles. The minimum atomic E-state index is -0.864. The van der Waals surface area contributed by atoms with Gasteiger partial charge in [-0.1, -0.05) is 46.9 Å². The molecule has 7 nitrogen and oxygen atoms in total. The Morgan fingerprint density at radius 2 is 1.87 bits per heavy atom. The third kappa shape index (κ3) is 4.74. The van der Waals surface area contributed by atoms with E-state index >= 15 is 0 Å². The second-order valence-corrected chi connectivity index (χ2v) is 7.80. The van der Waals surface area contributed by atoms with Crippen LogP contribution in [0.15, 0.2) is 64.3 Å². The van der Waals surface area contributed by atoms with E-state index in [9.17, 15) is 9.59 Å². The molecular weight excluding hydrogens is 465 g/mol. The minimum Gasteiger partial charge on any atom is -0.467 e. The van der Waals surface area contributed by atoms with Crippen molar-refractivity contribution in [1.82, 2.24) is 9.99 Å². The van der Waals surface area contributed by atoms with Crippen molar-refractivity contribution in [3.63, 3.8) is 0 Å². The van der Waals surface area contributed by atoms with Gasteiger partial charge in [0.2, 0.25) is 0 Å². The van der Waals surface area contributed by atoms with Crippen LogP contribution >= 0.6 is 34.8 Å². The summed E-state index contributed by atoms with van der Waals surface area (Å²) < 4.78 is 10.6. The van der Waals surface area contributed by atoms with E-state index in [-0.39, 0.29) is 15.9 Å². The van der Waals surface area contributed by atoms with Crippen molar-refractivity contribution in [1.29, 1.82) is 0 Å². The first-order valence-electron chi connectivity index (χ1n) is 9.10. The summed E-state index contributed by atoms with van der Waals surface area (Å²) in [5, 5.41) is 6.45. The van der Waals surface area contributed by atoms with E-state index in [4.69, 9.17) is 44.0 Å². The highest BCUT2D eigenvalue weighted by Crippen LogP contribution is 2.33. The number of halogens is 3. The van der Waals surface area contributed by atoms with Crippen molar-refractivity contribution in [3.05, 3.63) is 87.0 Å². The molecule has 1 aliphatic rings. The summed E-state index contributed by atoms with van der Waals surface area (Å²) in [5.74, 6) is -0.833. The Hall–Kier alpha value is -2.87. The molecular formula is C21H14Cl3N3O4. The van der Waals surface area contributed by atoms with Crippen molar-refractivity contribution in [2.75, 3.05) is 6.61 Å². The molecule has 0 spiro atoms. The standard InChI is InChI=1S/C21H14Cl3N3O4/c22-13-5-3-12(4-6-13)15-10-16(17-2-1-9-30-17)27(26-15)19(28)11-31-21(29)20-14(23)7-8-18(24)25-20/h1-9,16H,10-11H2. The van der Waals surface area contributed by atoms with Crippen molar-refractivity contribution in [2.24, 2.45) is 5.10 Å². The predicted octanol–water partition coefficient (Wildman–Crippen LogP) is 5.17. The Labute approximate surface area is 192 Å². The normalized spacial score (nSPS) is 15.6. The fourth-order valence-corrected chi connectivity index (χ4v) is 3.54. The lowest BCUT2D eigenvalue weighted by Gasteiger charge is -2.19. The molecule has 31 heavy (non-hydrogen) atoms. The Balaban J connectivity index is 1.52. The molecule has 0 bridgehead atoms. The molecule has 10 heteroatoms. The molecule has 1 aromatic carbocycles. The van der Waals surface area contributed by atoms with E-state index in [1.165, 1.54) is 23.4 Å². The largest absolute Gasteiger partial charge is 0.467 e. The Morgan fingerprint density at radius 1 is 1.10 bits per heavy atom. The monoisotopic (exact) mass is 477 g/mol. The molecule has 0 fully saturated rings. The van der Waals surface area contributed by atoms with Crippen LogP contribution in [0.5, 0.6) is 0 Å². The van der Waals surface area contributed by atoms with Crippen molar-refractivity contribution in [3.8, 4) is 0 Å². The van der Waals surface area contributed by atoms with E-state index in [0.717, 1.165) is 5.56 Å². The molecule has 0 N–H and O–H groups in total. The fourth-order valence-electron chi connectivity index (χ4n) is 3.08. The lowest BCUT2D eigenvalue weighted by molar-refractivity contribution is -0.136. The number of hydrogen-bond acceptors (Lipinski definition) is 6. The van der Waals surface area contributed by atoms with Crippen LogP contribution in [0.25, 0.3) is 0 Å². The van der Waals surface area contributed by atoms with Crippen LogP contribution in [-0.4, -0.2) is 34.2 Å². The highest BCUT2D eigenvalue weighted by atomic mass is 35.5. The van der Waals surface area contributed by atoms with Gasteiger partial charge < -0.3 is 9.15 Å². The number of esters is 1. The molecule has 1 atom stereocenters. The molecule has 3 aromatic rings. The molecule has 2 aromatic heterocycles. The van der Waals surface area contributed by atoms with Gasteiger partial charge >= 0.3 is 5.97 Å². The molecule has 0 saturated carbocycles. The lowest BCUT2D eigenvalue weighted by atomic mass is 10.0. The van der Waals surface area contributed by atoms with Crippen LogP contribution in [0.4, 0.5) is 0 Å². The maximum Gasteiger partial charge on any atom is 0.359 e. The van der Waals surface area contributed by atoms with Crippen LogP contribution in [0, 0.1) is 0 Å². The summed E-state index contributed by atoms with van der Waals surface area (Å²) in [4.78, 5) is 29.0. The number of pyridine rings is 1. The van der Waals surface area contributed by atoms with Crippen LogP contribution in [-0.2, 0) is 9.53 Å². The van der Waals surface area contributed by atoms with Crippen LogP contribution in [0.3, 0.4) is 0 Å². The first kappa shape index (κ1) is 21.4. The Morgan fingerprint density at radius 3 is 2.58 bits per heavy atom. The van der Waals surface area contributed by atoms with Gasteiger partial charge in [0.15, 0.2) is 12.3 Å². The first-order chi connectivity index (χ1) is 14.9. The van der Waals surface area contributed by atoms with Gasteiger partial charge in [-0.05, 0) is 42.0 Å². The summed E-state index contributed by atoms with van der Waals surface area (Å²) in [6.07, 6.45) is 1.95. The number of hydrogen-bond donors (Lipinski definition) is 0. The van der Waals surface area contributed by atoms with Crippen LogP contribution < -0.4 is 0 Å². The molecule has 0 radical (unpaired) electrons. The smallest absolute Gasteiger partial charge is 0.359 e. The quantitative estimate of drug-likeness (QED) is 0.373. The highest BCUT2D eigenvalue weighted by molar-refractivity contribution is 6.34. The number of rotatable bonds is 5. The van der Waals surface area contributed by atoms with Crippen molar-refractivity contribution >= 4 is 52.4 Å². The Kier molecular flexibility index (Phi) is 6.27. The summed E-state index contributed by atoms with van der Waals surface area (Å²) in [6.45, 7) is -0.558. The van der Waals surface area contributed by atoms with E-state index < -0.39 is 24.5 Å². The average molecular weight is 479 g/mol. The van der Waals surface area contributed by atoms with Gasteiger partial charge in [0.05, 0.1) is 17.0 Å². The van der Waals surface area contributed by atoms with E-state index in [0.29, 0.717) is 22.9 Å². The SMILES string of the molecule is O=C(OCC(=O)N1N=C(c2ccc(Cl)cc2)CC1c1ccco1)c1nc(Cl)ccc1Cl. The number of aromatic nitrogens is 1. The Bertz CT molecular complexity index is 1150. The summed E-state index contributed by atoms with van der Waals surface area (Å²) >= 11 is 17.7. The van der Waals surface area contributed by atoms with E-state index in [1.807, 2.05) is 12.1 Å². The van der Waals surface area contributed by atoms with Crippen molar-refractivity contribution < 1.29 is 18.7 Å². The molecule has 1 amide bonds. The third-order valence-corrected chi connectivity index (χ3v) is 5.31. The molecule has 158 valence electrons. The average Bonchev–Trinajstić information content (AvgIpc) is 3.44. The van der Waals surface area contributed by atoms with Crippen LogP contribution in [0.2, 0.25) is 15.2 Å². The number of carbonyl (C=O) groups excluding carboxylic acids is 2.